The Labute approximate surface area is 463 Å². The smallest absolute Gasteiger partial charge is 0.338 e. The molecule has 0 bridgehead atoms. The first-order chi connectivity index (χ1) is 38.8. The highest BCUT2D eigenvalue weighted by Crippen LogP contribution is 2.35. The van der Waals surface area contributed by atoms with Gasteiger partial charge in [0.25, 0.3) is 0 Å². The number of piperazine rings is 2. The maximum atomic E-state index is 14.3. The van der Waals surface area contributed by atoms with E-state index < -0.39 is 11.9 Å². The minimum Gasteiger partial charge on any atom is -0.494 e. The van der Waals surface area contributed by atoms with Crippen LogP contribution in [0.15, 0.2) is 156 Å². The predicted octanol–water partition coefficient (Wildman–Crippen LogP) is 7.83. The van der Waals surface area contributed by atoms with Crippen molar-refractivity contribution in [3.8, 4) is 11.8 Å². The van der Waals surface area contributed by atoms with Gasteiger partial charge in [0.05, 0.1) is 71.8 Å². The van der Waals surface area contributed by atoms with Crippen molar-refractivity contribution >= 4 is 79.7 Å². The molecule has 0 radical (unpaired) electrons. The van der Waals surface area contributed by atoms with Crippen LogP contribution in [0.5, 0.6) is 11.8 Å². The number of aromatic hydroxyl groups is 2. The fourth-order valence-electron chi connectivity index (χ4n) is 10.1. The van der Waals surface area contributed by atoms with Crippen molar-refractivity contribution in [1.82, 2.24) is 29.6 Å². The summed E-state index contributed by atoms with van der Waals surface area (Å²) < 4.78 is 10.8. The number of benzene rings is 6. The van der Waals surface area contributed by atoms with Gasteiger partial charge in [0.2, 0.25) is 11.8 Å². The van der Waals surface area contributed by atoms with Gasteiger partial charge >= 0.3 is 11.9 Å². The van der Waals surface area contributed by atoms with Gasteiger partial charge < -0.3 is 49.3 Å². The number of aromatic nitrogens is 2. The molecule has 2 fully saturated rings. The molecule has 2 aliphatic heterocycles. The van der Waals surface area contributed by atoms with E-state index in [1.54, 1.807) is 77.5 Å². The Morgan fingerprint density at radius 1 is 0.537 bits per heavy atom. The lowest BCUT2D eigenvalue weighted by Crippen LogP contribution is -2.49. The summed E-state index contributed by atoms with van der Waals surface area (Å²) in [5.41, 5.74) is 7.43. The van der Waals surface area contributed by atoms with Gasteiger partial charge in [0.15, 0.2) is 11.8 Å². The van der Waals surface area contributed by atoms with Gasteiger partial charge in [0, 0.05) is 104 Å². The quantitative estimate of drug-likeness (QED) is 0.0509. The number of likely N-dealkylation sites (N-methyl/N-ethyl adjacent to an activating group) is 3. The molecule has 8 aromatic rings. The maximum absolute atomic E-state index is 14.3. The zero-order chi connectivity index (χ0) is 55.9. The maximum Gasteiger partial charge on any atom is 0.338 e. The molecule has 4 N–H and O–H groups in total. The van der Waals surface area contributed by atoms with E-state index in [-0.39, 0.29) is 48.8 Å². The first kappa shape index (κ1) is 54.4. The number of fused-ring (bicyclic) bond motifs is 2. The third-order valence-corrected chi connectivity index (χ3v) is 14.8. The Kier molecular flexibility index (Phi) is 16.6. The van der Waals surface area contributed by atoms with Crippen molar-refractivity contribution in [2.75, 3.05) is 117 Å². The number of carbonyl (C=O) groups excluding carboxylic acids is 4. The summed E-state index contributed by atoms with van der Waals surface area (Å²) in [6.07, 6.45) is 0. The Bertz CT molecular complexity index is 3580. The van der Waals surface area contributed by atoms with Gasteiger partial charge in [-0.05, 0) is 86.9 Å². The molecule has 410 valence electrons. The van der Waals surface area contributed by atoms with Gasteiger partial charge in [-0.1, -0.05) is 72.8 Å². The number of esters is 2. The number of rotatable bonds is 17. The molecule has 0 spiro atoms. The molecule has 2 saturated heterocycles. The number of hydrogen-bond acceptors (Lipinski definition) is 14. The number of H-pyrrole nitrogens is 2. The van der Waals surface area contributed by atoms with Crippen LogP contribution in [-0.2, 0) is 19.1 Å². The molecule has 2 aliphatic rings. The number of aliphatic imine (C=N–C) groups is 2. The summed E-state index contributed by atoms with van der Waals surface area (Å²) >= 11 is 0. The Balaban J connectivity index is 0.870. The van der Waals surface area contributed by atoms with E-state index in [0.29, 0.717) is 73.5 Å². The monoisotopic (exact) mass is 1080 g/mol. The number of amides is 2. The summed E-state index contributed by atoms with van der Waals surface area (Å²) in [6.45, 7) is 7.13. The highest BCUT2D eigenvalue weighted by molar-refractivity contribution is 6.23. The summed E-state index contributed by atoms with van der Waals surface area (Å²) in [7, 11) is 7.24. The summed E-state index contributed by atoms with van der Waals surface area (Å²) in [5, 5.41) is 24.1. The lowest BCUT2D eigenvalue weighted by atomic mass is 10.00. The number of ether oxygens (including phenoxy) is 2. The largest absolute Gasteiger partial charge is 0.494 e. The van der Waals surface area contributed by atoms with Gasteiger partial charge in [-0.15, -0.1) is 0 Å². The Morgan fingerprint density at radius 3 is 1.44 bits per heavy atom. The van der Waals surface area contributed by atoms with E-state index in [1.165, 1.54) is 7.11 Å². The van der Waals surface area contributed by atoms with Gasteiger partial charge in [0.1, 0.15) is 6.61 Å². The number of aromatic amines is 2. The molecule has 0 saturated carbocycles. The third-order valence-electron chi connectivity index (χ3n) is 14.8. The van der Waals surface area contributed by atoms with E-state index in [1.807, 2.05) is 84.9 Å². The number of carbonyl (C=O) groups is 4. The van der Waals surface area contributed by atoms with Gasteiger partial charge in [-0.2, -0.15) is 0 Å². The number of nitrogens with zero attached hydrogens (tertiary/aromatic N) is 8. The molecular formula is C62H64N10O8. The molecule has 6 aromatic carbocycles. The van der Waals surface area contributed by atoms with Crippen LogP contribution in [0.25, 0.3) is 21.8 Å². The fourth-order valence-corrected chi connectivity index (χ4v) is 10.1. The zero-order valence-corrected chi connectivity index (χ0v) is 45.3. The molecule has 2 amide bonds. The summed E-state index contributed by atoms with van der Waals surface area (Å²) in [5.74, 6) is -1.53. The molecule has 0 unspecified atom stereocenters. The SMILES string of the molecule is COC(=O)c1ccc2c(C(=Nc3ccc(N(CCOC(=O)c4ccc5c(C(=Nc6ccc(N(C)C(=O)CN7CCN(C)CC7)cc6)c6ccccc6)c(O)[nH]c5c4)C(=O)CN4CCN(C)CC4)cc3)c3ccccc3)c(O)[nH]c2c1. The predicted molar refractivity (Wildman–Crippen MR) is 312 cm³/mol. The van der Waals surface area contributed by atoms with Crippen LogP contribution < -0.4 is 9.80 Å². The topological polar surface area (TPSA) is 203 Å². The number of anilines is 2. The average molecular weight is 1080 g/mol. The van der Waals surface area contributed by atoms with Crippen LogP contribution in [0.2, 0.25) is 0 Å². The highest BCUT2D eigenvalue weighted by atomic mass is 16.5. The molecular weight excluding hydrogens is 1010 g/mol. The van der Waals surface area contributed by atoms with Crippen LogP contribution in [0.4, 0.5) is 22.7 Å². The minimum atomic E-state index is -0.613. The lowest BCUT2D eigenvalue weighted by molar-refractivity contribution is -0.120. The van der Waals surface area contributed by atoms with Crippen molar-refractivity contribution in [3.63, 3.8) is 0 Å². The second kappa shape index (κ2) is 24.4. The van der Waals surface area contributed by atoms with Crippen LogP contribution in [0.3, 0.4) is 0 Å². The van der Waals surface area contributed by atoms with E-state index in [0.717, 1.165) is 69.2 Å². The van der Waals surface area contributed by atoms with Gasteiger partial charge in [-0.25, -0.2) is 19.6 Å². The standard InChI is InChI=1S/C62H64N10O8/c1-67-27-31-70(32-28-67)39-53(73)69(3)47-21-17-45(18-22-47)63-57(41-11-7-5-8-12-41)56-50-26-16-44(38-52(50)66-60(56)76)62(78)80-36-35-72(54(74)40-71-33-29-68(2)30-34-71)48-23-19-46(20-24-48)64-58(42-13-9-6-10-14-42)55-49-25-15-43(61(77)79-4)37-51(49)65-59(55)75/h5-26,37-38,65-66,75-76H,27-36,39-40H2,1-4H3. The number of nitrogens with one attached hydrogen (secondary N) is 2. The van der Waals surface area contributed by atoms with Crippen LogP contribution >= 0.6 is 0 Å². The Hall–Kier alpha value is -8.94. The molecule has 4 heterocycles. The second-order valence-electron chi connectivity index (χ2n) is 20.2. The molecule has 18 heteroatoms. The first-order valence-electron chi connectivity index (χ1n) is 26.6. The van der Waals surface area contributed by atoms with E-state index in [9.17, 15) is 29.4 Å². The van der Waals surface area contributed by atoms with Crippen LogP contribution in [0, 0.1) is 0 Å². The number of hydrogen-bond donors (Lipinski definition) is 4. The lowest BCUT2D eigenvalue weighted by Gasteiger charge is -2.33. The third kappa shape index (κ3) is 12.3. The highest BCUT2D eigenvalue weighted by Gasteiger charge is 2.26. The zero-order valence-electron chi connectivity index (χ0n) is 45.3. The van der Waals surface area contributed by atoms with E-state index in [2.05, 4.69) is 43.7 Å². The van der Waals surface area contributed by atoms with E-state index >= 15 is 0 Å². The van der Waals surface area contributed by atoms with Crippen molar-refractivity contribution in [2.45, 2.75) is 0 Å². The van der Waals surface area contributed by atoms with Crippen LogP contribution in [0.1, 0.15) is 43.0 Å². The van der Waals surface area contributed by atoms with Crippen molar-refractivity contribution in [1.29, 1.82) is 0 Å². The molecule has 2 aromatic heterocycles. The number of methoxy groups -OCH3 is 1. The molecule has 10 rings (SSSR count). The molecule has 0 atom stereocenters. The molecule has 80 heavy (non-hydrogen) atoms. The van der Waals surface area contributed by atoms with Crippen molar-refractivity contribution < 1.29 is 38.9 Å². The minimum absolute atomic E-state index is 0.00626. The fraction of sp³-hybridized carbons (Fsp3) is 0.258. The second-order valence-corrected chi connectivity index (χ2v) is 20.2. The normalized spacial score (nSPS) is 15.1. The van der Waals surface area contributed by atoms with E-state index in [4.69, 9.17) is 19.5 Å². The summed E-state index contributed by atoms with van der Waals surface area (Å²) in [6, 6.07) is 43.6. The van der Waals surface area contributed by atoms with Crippen LogP contribution in [-0.4, -0.2) is 182 Å². The first-order valence-corrected chi connectivity index (χ1v) is 26.6. The van der Waals surface area contributed by atoms with Gasteiger partial charge in [-0.3, -0.25) is 19.4 Å². The Morgan fingerprint density at radius 2 is 0.975 bits per heavy atom. The van der Waals surface area contributed by atoms with Crippen molar-refractivity contribution in [2.24, 2.45) is 9.98 Å². The van der Waals surface area contributed by atoms with Crippen molar-refractivity contribution in [3.05, 3.63) is 179 Å². The summed E-state index contributed by atoms with van der Waals surface area (Å²) in [4.78, 5) is 81.9. The molecule has 0 aliphatic carbocycles. The molecule has 18 nitrogen and oxygen atoms in total. The average Bonchev–Trinajstić information content (AvgIpc) is 4.00.